The maximum Gasteiger partial charge on any atom is 0.220 e. The average Bonchev–Trinajstić information content (AvgIpc) is 2.53. The van der Waals surface area contributed by atoms with Crippen LogP contribution in [-0.4, -0.2) is 29.0 Å². The Hall–Kier alpha value is -2.17. The number of hydrogen-bond donors (Lipinski definition) is 1. The second kappa shape index (κ2) is 5.91. The number of para-hydroxylation sites is 1. The predicted molar refractivity (Wildman–Crippen MR) is 87.8 cm³/mol. The molecule has 0 bridgehead atoms. The summed E-state index contributed by atoms with van der Waals surface area (Å²) >= 11 is 0. The van der Waals surface area contributed by atoms with Crippen LogP contribution < -0.4 is 10.6 Å². The van der Waals surface area contributed by atoms with Crippen LogP contribution in [0.2, 0.25) is 0 Å². The van der Waals surface area contributed by atoms with E-state index in [1.54, 1.807) is 0 Å². The number of anilines is 1. The fourth-order valence-electron chi connectivity index (χ4n) is 2.95. The SMILES string of the molecule is CC(C)c1nc(N2CCC(C(N)=O)CC2)c2ccccc2n1. The molecule has 5 heteroatoms. The number of aromatic nitrogens is 2. The zero-order valence-corrected chi connectivity index (χ0v) is 13.1. The van der Waals surface area contributed by atoms with E-state index < -0.39 is 0 Å². The quantitative estimate of drug-likeness (QED) is 0.944. The van der Waals surface area contributed by atoms with Crippen molar-refractivity contribution in [2.45, 2.75) is 32.6 Å². The molecule has 1 fully saturated rings. The summed E-state index contributed by atoms with van der Waals surface area (Å²) in [5.41, 5.74) is 6.40. The maximum absolute atomic E-state index is 11.3. The Kier molecular flexibility index (Phi) is 3.96. The zero-order chi connectivity index (χ0) is 15.7. The van der Waals surface area contributed by atoms with E-state index in [0.717, 1.165) is 48.5 Å². The van der Waals surface area contributed by atoms with Gasteiger partial charge in [0.25, 0.3) is 0 Å². The van der Waals surface area contributed by atoms with Crippen molar-refractivity contribution in [3.63, 3.8) is 0 Å². The molecule has 0 spiro atoms. The molecule has 5 nitrogen and oxygen atoms in total. The highest BCUT2D eigenvalue weighted by Gasteiger charge is 2.25. The van der Waals surface area contributed by atoms with Crippen LogP contribution in [0.15, 0.2) is 24.3 Å². The fourth-order valence-corrected chi connectivity index (χ4v) is 2.95. The molecule has 116 valence electrons. The van der Waals surface area contributed by atoms with Gasteiger partial charge in [0, 0.05) is 30.3 Å². The summed E-state index contributed by atoms with van der Waals surface area (Å²) in [5.74, 6) is 1.94. The molecule has 0 aliphatic carbocycles. The van der Waals surface area contributed by atoms with Crippen LogP contribution in [0.5, 0.6) is 0 Å². The third-order valence-corrected chi connectivity index (χ3v) is 4.31. The minimum atomic E-state index is -0.185. The van der Waals surface area contributed by atoms with Gasteiger partial charge in [-0.25, -0.2) is 9.97 Å². The third kappa shape index (κ3) is 2.75. The Labute approximate surface area is 130 Å². The van der Waals surface area contributed by atoms with Gasteiger partial charge >= 0.3 is 0 Å². The van der Waals surface area contributed by atoms with Gasteiger partial charge in [-0.15, -0.1) is 0 Å². The fraction of sp³-hybridized carbons (Fsp3) is 0.471. The van der Waals surface area contributed by atoms with Crippen LogP contribution in [0.1, 0.15) is 38.4 Å². The van der Waals surface area contributed by atoms with Crippen molar-refractivity contribution in [1.82, 2.24) is 9.97 Å². The summed E-state index contributed by atoms with van der Waals surface area (Å²) in [5, 5.41) is 1.07. The van der Waals surface area contributed by atoms with E-state index in [-0.39, 0.29) is 17.7 Å². The molecule has 1 aromatic heterocycles. The Morgan fingerprint density at radius 3 is 2.55 bits per heavy atom. The van der Waals surface area contributed by atoms with Gasteiger partial charge in [0.2, 0.25) is 5.91 Å². The lowest BCUT2D eigenvalue weighted by molar-refractivity contribution is -0.122. The smallest absolute Gasteiger partial charge is 0.220 e. The largest absolute Gasteiger partial charge is 0.369 e. The number of nitrogens with zero attached hydrogens (tertiary/aromatic N) is 3. The van der Waals surface area contributed by atoms with Crippen LogP contribution in [-0.2, 0) is 4.79 Å². The van der Waals surface area contributed by atoms with Crippen molar-refractivity contribution >= 4 is 22.6 Å². The van der Waals surface area contributed by atoms with Gasteiger partial charge in [0.1, 0.15) is 11.6 Å². The molecule has 2 aromatic rings. The van der Waals surface area contributed by atoms with E-state index in [1.807, 2.05) is 18.2 Å². The van der Waals surface area contributed by atoms with Crippen LogP contribution in [0.25, 0.3) is 10.9 Å². The van der Waals surface area contributed by atoms with Crippen molar-refractivity contribution in [2.75, 3.05) is 18.0 Å². The van der Waals surface area contributed by atoms with Gasteiger partial charge < -0.3 is 10.6 Å². The van der Waals surface area contributed by atoms with E-state index in [1.165, 1.54) is 0 Å². The summed E-state index contributed by atoms with van der Waals surface area (Å²) < 4.78 is 0. The first-order valence-corrected chi connectivity index (χ1v) is 7.87. The number of carbonyl (C=O) groups is 1. The van der Waals surface area contributed by atoms with Crippen molar-refractivity contribution in [3.8, 4) is 0 Å². The molecule has 1 aliphatic rings. The van der Waals surface area contributed by atoms with Crippen LogP contribution in [0.3, 0.4) is 0 Å². The minimum Gasteiger partial charge on any atom is -0.369 e. The lowest BCUT2D eigenvalue weighted by atomic mass is 9.96. The molecule has 2 heterocycles. The molecule has 2 N–H and O–H groups in total. The first-order chi connectivity index (χ1) is 10.6. The normalized spacial score (nSPS) is 16.4. The second-order valence-electron chi connectivity index (χ2n) is 6.24. The molecule has 0 saturated carbocycles. The number of primary amides is 1. The Morgan fingerprint density at radius 1 is 1.23 bits per heavy atom. The number of rotatable bonds is 3. The summed E-state index contributed by atoms with van der Waals surface area (Å²) in [6.45, 7) is 5.83. The molecule has 3 rings (SSSR count). The Bertz CT molecular complexity index is 690. The van der Waals surface area contributed by atoms with E-state index >= 15 is 0 Å². The molecule has 0 radical (unpaired) electrons. The topological polar surface area (TPSA) is 72.1 Å². The third-order valence-electron chi connectivity index (χ3n) is 4.31. The average molecular weight is 298 g/mol. The predicted octanol–water partition coefficient (Wildman–Crippen LogP) is 2.45. The van der Waals surface area contributed by atoms with Crippen molar-refractivity contribution in [2.24, 2.45) is 11.7 Å². The summed E-state index contributed by atoms with van der Waals surface area (Å²) in [7, 11) is 0. The van der Waals surface area contributed by atoms with Gasteiger partial charge in [0.15, 0.2) is 0 Å². The van der Waals surface area contributed by atoms with Crippen molar-refractivity contribution < 1.29 is 4.79 Å². The standard InChI is InChI=1S/C17H22N4O/c1-11(2)16-19-14-6-4-3-5-13(14)17(20-16)21-9-7-12(8-10-21)15(18)22/h3-6,11-12H,7-10H2,1-2H3,(H2,18,22). The molecule has 1 aliphatic heterocycles. The lowest BCUT2D eigenvalue weighted by Gasteiger charge is -2.32. The molecular formula is C17H22N4O. The number of hydrogen-bond acceptors (Lipinski definition) is 4. The highest BCUT2D eigenvalue weighted by molar-refractivity contribution is 5.89. The van der Waals surface area contributed by atoms with E-state index in [9.17, 15) is 4.79 Å². The molecule has 1 saturated heterocycles. The van der Waals surface area contributed by atoms with E-state index in [2.05, 4.69) is 29.8 Å². The highest BCUT2D eigenvalue weighted by Crippen LogP contribution is 2.29. The first kappa shape index (κ1) is 14.8. The zero-order valence-electron chi connectivity index (χ0n) is 13.1. The van der Waals surface area contributed by atoms with Crippen LogP contribution in [0.4, 0.5) is 5.82 Å². The highest BCUT2D eigenvalue weighted by atomic mass is 16.1. The maximum atomic E-state index is 11.3. The molecule has 1 amide bonds. The number of carbonyl (C=O) groups excluding carboxylic acids is 1. The number of amides is 1. The number of piperidine rings is 1. The first-order valence-electron chi connectivity index (χ1n) is 7.87. The van der Waals surface area contributed by atoms with Gasteiger partial charge in [0.05, 0.1) is 5.52 Å². The Balaban J connectivity index is 1.97. The molecule has 0 atom stereocenters. The van der Waals surface area contributed by atoms with Gasteiger partial charge in [-0.3, -0.25) is 4.79 Å². The minimum absolute atomic E-state index is 0.00563. The van der Waals surface area contributed by atoms with Crippen LogP contribution in [0, 0.1) is 5.92 Å². The summed E-state index contributed by atoms with van der Waals surface area (Å²) in [6, 6.07) is 8.11. The van der Waals surface area contributed by atoms with E-state index in [0.29, 0.717) is 0 Å². The number of benzene rings is 1. The van der Waals surface area contributed by atoms with E-state index in [4.69, 9.17) is 10.7 Å². The Morgan fingerprint density at radius 2 is 1.91 bits per heavy atom. The van der Waals surface area contributed by atoms with Gasteiger partial charge in [-0.1, -0.05) is 26.0 Å². The summed E-state index contributed by atoms with van der Waals surface area (Å²) in [4.78, 5) is 23.0. The number of nitrogens with two attached hydrogens (primary N) is 1. The monoisotopic (exact) mass is 298 g/mol. The molecule has 1 aromatic carbocycles. The molecule has 22 heavy (non-hydrogen) atoms. The second-order valence-corrected chi connectivity index (χ2v) is 6.24. The van der Waals surface area contributed by atoms with Crippen LogP contribution >= 0.6 is 0 Å². The molecular weight excluding hydrogens is 276 g/mol. The lowest BCUT2D eigenvalue weighted by Crippen LogP contribution is -2.39. The van der Waals surface area contributed by atoms with Gasteiger partial charge in [-0.05, 0) is 25.0 Å². The summed E-state index contributed by atoms with van der Waals surface area (Å²) in [6.07, 6.45) is 1.59. The van der Waals surface area contributed by atoms with Crippen molar-refractivity contribution in [1.29, 1.82) is 0 Å². The van der Waals surface area contributed by atoms with Crippen molar-refractivity contribution in [3.05, 3.63) is 30.1 Å². The van der Waals surface area contributed by atoms with Gasteiger partial charge in [-0.2, -0.15) is 0 Å². The number of fused-ring (bicyclic) bond motifs is 1. The molecule has 0 unspecified atom stereocenters.